The summed E-state index contributed by atoms with van der Waals surface area (Å²) in [5.41, 5.74) is 0.266. The van der Waals surface area contributed by atoms with E-state index in [1.54, 1.807) is 23.1 Å². The van der Waals surface area contributed by atoms with Gasteiger partial charge in [-0.3, -0.25) is 9.59 Å². The average molecular weight is 285 g/mol. The third-order valence-electron chi connectivity index (χ3n) is 3.84. The zero-order chi connectivity index (χ0) is 15.0. The van der Waals surface area contributed by atoms with E-state index >= 15 is 0 Å². The van der Waals surface area contributed by atoms with Gasteiger partial charge in [0, 0.05) is 24.4 Å². The number of likely N-dealkylation sites (tertiary alicyclic amines) is 1. The summed E-state index contributed by atoms with van der Waals surface area (Å²) in [7, 11) is 0. The Balaban J connectivity index is 1.80. The number of carbonyl (C=O) groups excluding carboxylic acids is 1. The van der Waals surface area contributed by atoms with E-state index in [0.717, 1.165) is 5.39 Å². The van der Waals surface area contributed by atoms with Gasteiger partial charge in [0.15, 0.2) is 0 Å². The van der Waals surface area contributed by atoms with Crippen LogP contribution >= 0.6 is 0 Å². The standard InChI is InChI=1S/C16H15NO4/c18-14(19)7-10-8-17(9-10)16(21)13-6-5-11-3-1-2-4-12(11)15(13)20/h1-6,10,20H,7-9H2,(H,18,19). The minimum atomic E-state index is -0.847. The summed E-state index contributed by atoms with van der Waals surface area (Å²) in [5.74, 6) is -1.10. The number of amides is 1. The fraction of sp³-hybridized carbons (Fsp3) is 0.250. The third kappa shape index (κ3) is 2.42. The zero-order valence-electron chi connectivity index (χ0n) is 11.3. The van der Waals surface area contributed by atoms with E-state index < -0.39 is 5.97 Å². The van der Waals surface area contributed by atoms with Gasteiger partial charge in [-0.05, 0) is 11.5 Å². The van der Waals surface area contributed by atoms with Gasteiger partial charge in [0.25, 0.3) is 5.91 Å². The maximum atomic E-state index is 12.3. The highest BCUT2D eigenvalue weighted by Crippen LogP contribution is 2.31. The first-order valence-electron chi connectivity index (χ1n) is 6.78. The molecule has 0 radical (unpaired) electrons. The normalized spacial score (nSPS) is 15.0. The molecular weight excluding hydrogens is 270 g/mol. The second kappa shape index (κ2) is 5.09. The van der Waals surface area contributed by atoms with Gasteiger partial charge in [-0.2, -0.15) is 0 Å². The second-order valence-electron chi connectivity index (χ2n) is 5.36. The number of hydrogen-bond donors (Lipinski definition) is 2. The van der Waals surface area contributed by atoms with Gasteiger partial charge in [0.05, 0.1) is 12.0 Å². The number of carboxylic acids is 1. The van der Waals surface area contributed by atoms with Gasteiger partial charge >= 0.3 is 5.97 Å². The Labute approximate surface area is 121 Å². The summed E-state index contributed by atoms with van der Waals surface area (Å²) in [5, 5.41) is 20.5. The summed E-state index contributed by atoms with van der Waals surface area (Å²) in [6, 6.07) is 10.7. The molecule has 5 heteroatoms. The summed E-state index contributed by atoms with van der Waals surface area (Å²) >= 11 is 0. The molecule has 21 heavy (non-hydrogen) atoms. The van der Waals surface area contributed by atoms with Crippen LogP contribution in [0.2, 0.25) is 0 Å². The van der Waals surface area contributed by atoms with Crippen LogP contribution in [0.4, 0.5) is 0 Å². The molecule has 2 aromatic carbocycles. The minimum absolute atomic E-state index is 0.00838. The van der Waals surface area contributed by atoms with Crippen LogP contribution in [0.3, 0.4) is 0 Å². The van der Waals surface area contributed by atoms with Crippen molar-refractivity contribution in [3.8, 4) is 5.75 Å². The SMILES string of the molecule is O=C(O)CC1CN(C(=O)c2ccc3ccccc3c2O)C1. The molecule has 5 nitrogen and oxygen atoms in total. The lowest BCUT2D eigenvalue weighted by atomic mass is 9.95. The molecule has 1 heterocycles. The van der Waals surface area contributed by atoms with Gasteiger partial charge in [0.1, 0.15) is 5.75 Å². The molecule has 0 aromatic heterocycles. The first-order chi connectivity index (χ1) is 10.1. The van der Waals surface area contributed by atoms with Crippen LogP contribution in [0.15, 0.2) is 36.4 Å². The molecule has 0 saturated carbocycles. The van der Waals surface area contributed by atoms with E-state index in [4.69, 9.17) is 5.11 Å². The molecular formula is C16H15NO4. The van der Waals surface area contributed by atoms with Crippen LogP contribution < -0.4 is 0 Å². The van der Waals surface area contributed by atoms with Crippen molar-refractivity contribution in [3.05, 3.63) is 42.0 Å². The smallest absolute Gasteiger partial charge is 0.303 e. The highest BCUT2D eigenvalue weighted by atomic mass is 16.4. The Morgan fingerprint density at radius 2 is 1.86 bits per heavy atom. The molecule has 1 aliphatic rings. The number of carbonyl (C=O) groups is 2. The zero-order valence-corrected chi connectivity index (χ0v) is 11.3. The van der Waals surface area contributed by atoms with Crippen molar-refractivity contribution in [3.63, 3.8) is 0 Å². The van der Waals surface area contributed by atoms with Crippen molar-refractivity contribution in [2.45, 2.75) is 6.42 Å². The largest absolute Gasteiger partial charge is 0.506 e. The van der Waals surface area contributed by atoms with Crippen molar-refractivity contribution in [2.24, 2.45) is 5.92 Å². The molecule has 0 unspecified atom stereocenters. The number of nitrogens with zero attached hydrogens (tertiary/aromatic N) is 1. The first-order valence-corrected chi connectivity index (χ1v) is 6.78. The summed E-state index contributed by atoms with van der Waals surface area (Å²) in [6.45, 7) is 0.856. The van der Waals surface area contributed by atoms with Gasteiger partial charge in [0.2, 0.25) is 0 Å². The molecule has 0 atom stereocenters. The maximum Gasteiger partial charge on any atom is 0.303 e. The van der Waals surface area contributed by atoms with Gasteiger partial charge in [-0.1, -0.05) is 30.3 Å². The predicted molar refractivity (Wildman–Crippen MR) is 77.3 cm³/mol. The molecule has 0 bridgehead atoms. The van der Waals surface area contributed by atoms with Crippen molar-refractivity contribution in [1.29, 1.82) is 0 Å². The fourth-order valence-electron chi connectivity index (χ4n) is 2.71. The van der Waals surface area contributed by atoms with E-state index in [-0.39, 0.29) is 29.6 Å². The Morgan fingerprint density at radius 3 is 2.57 bits per heavy atom. The number of phenols is 1. The highest BCUT2D eigenvalue weighted by Gasteiger charge is 2.33. The van der Waals surface area contributed by atoms with E-state index in [2.05, 4.69) is 0 Å². The van der Waals surface area contributed by atoms with E-state index in [1.165, 1.54) is 0 Å². The number of benzene rings is 2. The van der Waals surface area contributed by atoms with Gasteiger partial charge < -0.3 is 15.1 Å². The quantitative estimate of drug-likeness (QED) is 0.905. The average Bonchev–Trinajstić information content (AvgIpc) is 2.42. The molecule has 1 saturated heterocycles. The van der Waals surface area contributed by atoms with Crippen LogP contribution in [0.5, 0.6) is 5.75 Å². The monoisotopic (exact) mass is 285 g/mol. The fourth-order valence-corrected chi connectivity index (χ4v) is 2.71. The van der Waals surface area contributed by atoms with E-state index in [1.807, 2.05) is 18.2 Å². The Bertz CT molecular complexity index is 719. The highest BCUT2D eigenvalue weighted by molar-refractivity contribution is 6.03. The lowest BCUT2D eigenvalue weighted by Crippen LogP contribution is -2.50. The lowest BCUT2D eigenvalue weighted by Gasteiger charge is -2.38. The number of phenolic OH excluding ortho intramolecular Hbond substituents is 1. The van der Waals surface area contributed by atoms with Gasteiger partial charge in [-0.15, -0.1) is 0 Å². The number of aliphatic carboxylic acids is 1. The summed E-state index contributed by atoms with van der Waals surface area (Å²) in [6.07, 6.45) is 0.0769. The number of hydrogen-bond acceptors (Lipinski definition) is 3. The molecule has 2 N–H and O–H groups in total. The van der Waals surface area contributed by atoms with E-state index in [9.17, 15) is 14.7 Å². The first kappa shape index (κ1) is 13.4. The number of fused-ring (bicyclic) bond motifs is 1. The molecule has 1 amide bonds. The van der Waals surface area contributed by atoms with Gasteiger partial charge in [-0.25, -0.2) is 0 Å². The molecule has 108 valence electrons. The predicted octanol–water partition coefficient (Wildman–Crippen LogP) is 2.09. The lowest BCUT2D eigenvalue weighted by molar-refractivity contribution is -0.139. The maximum absolute atomic E-state index is 12.3. The van der Waals surface area contributed by atoms with Crippen LogP contribution in [0, 0.1) is 5.92 Å². The van der Waals surface area contributed by atoms with Crippen molar-refractivity contribution < 1.29 is 19.8 Å². The third-order valence-corrected chi connectivity index (χ3v) is 3.84. The molecule has 1 fully saturated rings. The summed E-state index contributed by atoms with van der Waals surface area (Å²) in [4.78, 5) is 24.5. The number of rotatable bonds is 3. The molecule has 2 aromatic rings. The Morgan fingerprint density at radius 1 is 1.14 bits per heavy atom. The molecule has 0 aliphatic carbocycles. The van der Waals surface area contributed by atoms with Crippen molar-refractivity contribution in [2.75, 3.05) is 13.1 Å². The molecule has 1 aliphatic heterocycles. The Kier molecular flexibility index (Phi) is 3.25. The molecule has 3 rings (SSSR count). The van der Waals surface area contributed by atoms with E-state index in [0.29, 0.717) is 18.5 Å². The Hall–Kier alpha value is -2.56. The van der Waals surface area contributed by atoms with Crippen molar-refractivity contribution in [1.82, 2.24) is 4.90 Å². The van der Waals surface area contributed by atoms with Crippen LogP contribution in [0.1, 0.15) is 16.8 Å². The van der Waals surface area contributed by atoms with Crippen molar-refractivity contribution >= 4 is 22.6 Å². The van der Waals surface area contributed by atoms with Crippen LogP contribution in [-0.2, 0) is 4.79 Å². The summed E-state index contributed by atoms with van der Waals surface area (Å²) < 4.78 is 0. The number of aromatic hydroxyl groups is 1. The molecule has 0 spiro atoms. The van der Waals surface area contributed by atoms with Crippen LogP contribution in [-0.4, -0.2) is 40.1 Å². The number of carboxylic acid groups (broad SMARTS) is 1. The second-order valence-corrected chi connectivity index (χ2v) is 5.36. The van der Waals surface area contributed by atoms with Crippen LogP contribution in [0.25, 0.3) is 10.8 Å². The minimum Gasteiger partial charge on any atom is -0.506 e. The topological polar surface area (TPSA) is 77.8 Å².